The SMILES string of the molecule is C=CCC1=C(C(=O)OCC)CN(C(=O)O)CC1. The van der Waals surface area contributed by atoms with Gasteiger partial charge in [0.15, 0.2) is 0 Å². The van der Waals surface area contributed by atoms with Gasteiger partial charge in [-0.3, -0.25) is 0 Å². The van der Waals surface area contributed by atoms with Crippen LogP contribution in [0.25, 0.3) is 0 Å². The lowest BCUT2D eigenvalue weighted by atomic mass is 9.97. The summed E-state index contributed by atoms with van der Waals surface area (Å²) < 4.78 is 4.94. The highest BCUT2D eigenvalue weighted by Gasteiger charge is 2.26. The molecule has 1 aliphatic heterocycles. The topological polar surface area (TPSA) is 66.8 Å². The zero-order valence-electron chi connectivity index (χ0n) is 9.94. The maximum absolute atomic E-state index is 11.7. The lowest BCUT2D eigenvalue weighted by Gasteiger charge is -2.27. The first kappa shape index (κ1) is 13.3. The number of carbonyl (C=O) groups is 2. The molecule has 1 heterocycles. The normalized spacial score (nSPS) is 15.7. The van der Waals surface area contributed by atoms with E-state index >= 15 is 0 Å². The van der Waals surface area contributed by atoms with Gasteiger partial charge in [0.1, 0.15) is 0 Å². The van der Waals surface area contributed by atoms with Crippen LogP contribution in [0.3, 0.4) is 0 Å². The van der Waals surface area contributed by atoms with E-state index in [9.17, 15) is 9.59 Å². The predicted octanol–water partition coefficient (Wildman–Crippen LogP) is 1.81. The number of esters is 1. The zero-order valence-corrected chi connectivity index (χ0v) is 9.94. The Hall–Kier alpha value is -1.78. The number of hydrogen-bond donors (Lipinski definition) is 1. The van der Waals surface area contributed by atoms with Crippen LogP contribution in [0.15, 0.2) is 23.8 Å². The average molecular weight is 239 g/mol. The van der Waals surface area contributed by atoms with Crippen molar-refractivity contribution in [2.45, 2.75) is 19.8 Å². The van der Waals surface area contributed by atoms with Crippen molar-refractivity contribution < 1.29 is 19.4 Å². The first-order valence-electron chi connectivity index (χ1n) is 5.56. The molecule has 1 amide bonds. The van der Waals surface area contributed by atoms with Crippen LogP contribution in [0.4, 0.5) is 4.79 Å². The van der Waals surface area contributed by atoms with Crippen molar-refractivity contribution in [3.8, 4) is 0 Å². The van der Waals surface area contributed by atoms with E-state index in [4.69, 9.17) is 9.84 Å². The zero-order chi connectivity index (χ0) is 12.8. The fourth-order valence-electron chi connectivity index (χ4n) is 1.79. The minimum Gasteiger partial charge on any atom is -0.465 e. The molecule has 1 aliphatic rings. The molecule has 0 aromatic heterocycles. The van der Waals surface area contributed by atoms with E-state index in [1.54, 1.807) is 13.0 Å². The number of ether oxygens (including phenoxy) is 1. The summed E-state index contributed by atoms with van der Waals surface area (Å²) >= 11 is 0. The van der Waals surface area contributed by atoms with E-state index in [0.29, 0.717) is 25.0 Å². The highest BCUT2D eigenvalue weighted by molar-refractivity contribution is 5.91. The lowest BCUT2D eigenvalue weighted by Crippen LogP contribution is -2.38. The van der Waals surface area contributed by atoms with Gasteiger partial charge in [0.05, 0.1) is 18.7 Å². The second-order valence-electron chi connectivity index (χ2n) is 3.75. The molecule has 5 heteroatoms. The molecule has 0 aromatic rings. The second-order valence-corrected chi connectivity index (χ2v) is 3.75. The molecule has 0 radical (unpaired) electrons. The molecule has 0 saturated heterocycles. The number of nitrogens with zero attached hydrogens (tertiary/aromatic N) is 1. The van der Waals surface area contributed by atoms with Crippen LogP contribution >= 0.6 is 0 Å². The Bertz CT molecular complexity index is 360. The Balaban J connectivity index is 2.90. The minimum absolute atomic E-state index is 0.108. The molecule has 0 saturated carbocycles. The Morgan fingerprint density at radius 2 is 2.29 bits per heavy atom. The van der Waals surface area contributed by atoms with Crippen LogP contribution in [0.5, 0.6) is 0 Å². The standard InChI is InChI=1S/C12H17NO4/c1-3-5-9-6-7-13(12(15)16)8-10(9)11(14)17-4-2/h3H,1,4-8H2,2H3,(H,15,16). The molecule has 0 aromatic carbocycles. The first-order chi connectivity index (χ1) is 8.10. The van der Waals surface area contributed by atoms with Gasteiger partial charge in [0.2, 0.25) is 0 Å². The maximum atomic E-state index is 11.7. The van der Waals surface area contributed by atoms with Gasteiger partial charge in [-0.25, -0.2) is 9.59 Å². The van der Waals surface area contributed by atoms with Crippen molar-refractivity contribution >= 4 is 12.1 Å². The number of carboxylic acid groups (broad SMARTS) is 1. The third kappa shape index (κ3) is 3.34. The summed E-state index contributed by atoms with van der Waals surface area (Å²) in [5, 5.41) is 8.91. The number of carbonyl (C=O) groups excluding carboxylic acids is 1. The van der Waals surface area contributed by atoms with Crippen LogP contribution < -0.4 is 0 Å². The van der Waals surface area contributed by atoms with Gasteiger partial charge in [0, 0.05) is 6.54 Å². The van der Waals surface area contributed by atoms with Crippen LogP contribution in [-0.2, 0) is 9.53 Å². The molecule has 0 bridgehead atoms. The van der Waals surface area contributed by atoms with Crippen molar-refractivity contribution in [3.63, 3.8) is 0 Å². The summed E-state index contributed by atoms with van der Waals surface area (Å²) in [5.41, 5.74) is 1.39. The molecule has 0 unspecified atom stereocenters. The molecule has 5 nitrogen and oxygen atoms in total. The monoisotopic (exact) mass is 239 g/mol. The number of rotatable bonds is 4. The summed E-state index contributed by atoms with van der Waals surface area (Å²) in [4.78, 5) is 23.8. The average Bonchev–Trinajstić information content (AvgIpc) is 2.30. The predicted molar refractivity (Wildman–Crippen MR) is 62.7 cm³/mol. The molecule has 94 valence electrons. The van der Waals surface area contributed by atoms with Crippen molar-refractivity contribution in [2.24, 2.45) is 0 Å². The van der Waals surface area contributed by atoms with Crippen LogP contribution in [0, 0.1) is 0 Å². The van der Waals surface area contributed by atoms with Gasteiger partial charge < -0.3 is 14.7 Å². The van der Waals surface area contributed by atoms with Crippen molar-refractivity contribution in [2.75, 3.05) is 19.7 Å². The molecule has 1 N–H and O–H groups in total. The Morgan fingerprint density at radius 1 is 1.59 bits per heavy atom. The highest BCUT2D eigenvalue weighted by Crippen LogP contribution is 2.22. The van der Waals surface area contributed by atoms with Gasteiger partial charge in [0.25, 0.3) is 0 Å². The number of amides is 1. The molecule has 1 rings (SSSR count). The Morgan fingerprint density at radius 3 is 2.82 bits per heavy atom. The highest BCUT2D eigenvalue weighted by atomic mass is 16.5. The van der Waals surface area contributed by atoms with Gasteiger partial charge in [-0.2, -0.15) is 0 Å². The van der Waals surface area contributed by atoms with E-state index in [0.717, 1.165) is 5.57 Å². The second kappa shape index (κ2) is 6.08. The third-order valence-corrected chi connectivity index (χ3v) is 2.64. The van der Waals surface area contributed by atoms with Gasteiger partial charge in [-0.1, -0.05) is 11.6 Å². The largest absolute Gasteiger partial charge is 0.465 e. The Kier molecular flexibility index (Phi) is 4.75. The molecular weight excluding hydrogens is 222 g/mol. The molecule has 0 fully saturated rings. The molecule has 0 spiro atoms. The van der Waals surface area contributed by atoms with Gasteiger partial charge in [-0.15, -0.1) is 6.58 Å². The summed E-state index contributed by atoms with van der Waals surface area (Å²) in [6.45, 7) is 6.17. The van der Waals surface area contributed by atoms with E-state index in [1.807, 2.05) is 0 Å². The summed E-state index contributed by atoms with van der Waals surface area (Å²) in [7, 11) is 0. The lowest BCUT2D eigenvalue weighted by molar-refractivity contribution is -0.138. The number of hydrogen-bond acceptors (Lipinski definition) is 3. The van der Waals surface area contributed by atoms with Crippen molar-refractivity contribution in [1.82, 2.24) is 4.90 Å². The van der Waals surface area contributed by atoms with E-state index in [1.165, 1.54) is 4.90 Å². The third-order valence-electron chi connectivity index (χ3n) is 2.64. The van der Waals surface area contributed by atoms with Crippen molar-refractivity contribution in [1.29, 1.82) is 0 Å². The molecular formula is C12H17NO4. The van der Waals surface area contributed by atoms with Gasteiger partial charge in [-0.05, 0) is 19.8 Å². The fourth-order valence-corrected chi connectivity index (χ4v) is 1.79. The van der Waals surface area contributed by atoms with Crippen LogP contribution in [0.2, 0.25) is 0 Å². The maximum Gasteiger partial charge on any atom is 0.407 e. The first-order valence-corrected chi connectivity index (χ1v) is 5.56. The molecule has 0 aliphatic carbocycles. The van der Waals surface area contributed by atoms with Crippen molar-refractivity contribution in [3.05, 3.63) is 23.8 Å². The smallest absolute Gasteiger partial charge is 0.407 e. The molecule has 0 atom stereocenters. The van der Waals surface area contributed by atoms with E-state index < -0.39 is 12.1 Å². The summed E-state index contributed by atoms with van der Waals surface area (Å²) in [5.74, 6) is -0.421. The van der Waals surface area contributed by atoms with E-state index in [-0.39, 0.29) is 13.2 Å². The fraction of sp³-hybridized carbons (Fsp3) is 0.500. The molecule has 17 heavy (non-hydrogen) atoms. The van der Waals surface area contributed by atoms with E-state index in [2.05, 4.69) is 6.58 Å². The summed E-state index contributed by atoms with van der Waals surface area (Å²) in [6.07, 6.45) is 1.86. The minimum atomic E-state index is -1.01. The van der Waals surface area contributed by atoms with Crippen LogP contribution in [0.1, 0.15) is 19.8 Å². The van der Waals surface area contributed by atoms with Gasteiger partial charge >= 0.3 is 12.1 Å². The summed E-state index contributed by atoms with van der Waals surface area (Å²) in [6, 6.07) is 0. The quantitative estimate of drug-likeness (QED) is 0.600. The Labute approximate surface area is 100 Å². The van der Waals surface area contributed by atoms with Crippen LogP contribution in [-0.4, -0.2) is 41.8 Å². The number of allylic oxidation sites excluding steroid dienone is 1.